The van der Waals surface area contributed by atoms with Gasteiger partial charge < -0.3 is 24.1 Å². The van der Waals surface area contributed by atoms with E-state index in [1.165, 1.54) is 0 Å². The molecular formula is C18H28N2O5. The Hall–Kier alpha value is -1.12. The standard InChI is InChI=1S/C18H28N2O5/c21-11-15-5-6-19-18(20-15)14-1-3-16(4-2-14)24-9-7-22-12-17-13-23-8-10-25-17/h5-6,14,16-17,21H,1-4,7-13H2/t14-,16-,17?. The number of nitrogens with zero attached hydrogens (tertiary/aromatic N) is 2. The Labute approximate surface area is 148 Å². The summed E-state index contributed by atoms with van der Waals surface area (Å²) in [7, 11) is 0. The van der Waals surface area contributed by atoms with Crippen molar-refractivity contribution in [3.05, 3.63) is 23.8 Å². The second-order valence-electron chi connectivity index (χ2n) is 6.55. The van der Waals surface area contributed by atoms with Gasteiger partial charge in [-0.3, -0.25) is 0 Å². The normalized spacial score (nSPS) is 27.3. The van der Waals surface area contributed by atoms with Gasteiger partial charge in [0, 0.05) is 12.1 Å². The zero-order valence-electron chi connectivity index (χ0n) is 14.6. The molecule has 2 aliphatic rings. The number of aliphatic hydroxyl groups is 1. The van der Waals surface area contributed by atoms with Crippen LogP contribution < -0.4 is 0 Å². The van der Waals surface area contributed by atoms with Gasteiger partial charge in [-0.1, -0.05) is 0 Å². The van der Waals surface area contributed by atoms with Gasteiger partial charge in [0.1, 0.15) is 11.9 Å². The van der Waals surface area contributed by atoms with Crippen LogP contribution in [0.5, 0.6) is 0 Å². The Kier molecular flexibility index (Phi) is 7.56. The summed E-state index contributed by atoms with van der Waals surface area (Å²) >= 11 is 0. The minimum Gasteiger partial charge on any atom is -0.390 e. The van der Waals surface area contributed by atoms with Crippen molar-refractivity contribution in [1.29, 1.82) is 0 Å². The molecule has 1 saturated carbocycles. The van der Waals surface area contributed by atoms with Gasteiger partial charge in [-0.2, -0.15) is 0 Å². The van der Waals surface area contributed by atoms with E-state index in [4.69, 9.17) is 18.9 Å². The highest BCUT2D eigenvalue weighted by Gasteiger charge is 2.24. The van der Waals surface area contributed by atoms with Crippen LogP contribution in [0.2, 0.25) is 0 Å². The van der Waals surface area contributed by atoms with Crippen molar-refractivity contribution in [2.45, 2.75) is 50.4 Å². The third-order valence-corrected chi connectivity index (χ3v) is 4.70. The van der Waals surface area contributed by atoms with E-state index in [1.807, 2.05) is 0 Å². The number of ether oxygens (including phenoxy) is 4. The van der Waals surface area contributed by atoms with Crippen molar-refractivity contribution in [2.75, 3.05) is 39.6 Å². The number of hydrogen-bond donors (Lipinski definition) is 1. The lowest BCUT2D eigenvalue weighted by molar-refractivity contribution is -0.120. The molecule has 1 unspecified atom stereocenters. The molecule has 0 spiro atoms. The van der Waals surface area contributed by atoms with Gasteiger partial charge in [0.25, 0.3) is 0 Å². The lowest BCUT2D eigenvalue weighted by Gasteiger charge is -2.28. The van der Waals surface area contributed by atoms with Crippen LogP contribution in [-0.2, 0) is 25.6 Å². The molecule has 0 amide bonds. The number of rotatable bonds is 8. The van der Waals surface area contributed by atoms with Crippen molar-refractivity contribution < 1.29 is 24.1 Å². The molecule has 1 aliphatic heterocycles. The van der Waals surface area contributed by atoms with Gasteiger partial charge >= 0.3 is 0 Å². The highest BCUT2D eigenvalue weighted by molar-refractivity contribution is 5.05. The summed E-state index contributed by atoms with van der Waals surface area (Å²) in [6, 6.07) is 1.75. The van der Waals surface area contributed by atoms with Crippen LogP contribution in [-0.4, -0.2) is 66.9 Å². The number of aliphatic hydroxyl groups excluding tert-OH is 1. The summed E-state index contributed by atoms with van der Waals surface area (Å²) in [6.07, 6.45) is 6.14. The zero-order chi connectivity index (χ0) is 17.3. The topological polar surface area (TPSA) is 82.9 Å². The predicted molar refractivity (Wildman–Crippen MR) is 90.3 cm³/mol. The van der Waals surface area contributed by atoms with Crippen LogP contribution in [0.25, 0.3) is 0 Å². The first-order valence-electron chi connectivity index (χ1n) is 9.16. The summed E-state index contributed by atoms with van der Waals surface area (Å²) in [6.45, 7) is 3.67. The maximum absolute atomic E-state index is 9.19. The van der Waals surface area contributed by atoms with Crippen molar-refractivity contribution in [1.82, 2.24) is 9.97 Å². The van der Waals surface area contributed by atoms with E-state index < -0.39 is 0 Å². The number of aromatic nitrogens is 2. The maximum atomic E-state index is 9.19. The first-order chi connectivity index (χ1) is 12.3. The summed E-state index contributed by atoms with van der Waals surface area (Å²) in [5.41, 5.74) is 0.688. The minimum atomic E-state index is -0.0357. The average Bonchev–Trinajstić information content (AvgIpc) is 2.69. The van der Waals surface area contributed by atoms with Gasteiger partial charge in [0.2, 0.25) is 0 Å². The molecule has 25 heavy (non-hydrogen) atoms. The molecule has 3 rings (SSSR count). The third kappa shape index (κ3) is 5.97. The smallest absolute Gasteiger partial charge is 0.131 e. The van der Waals surface area contributed by atoms with E-state index >= 15 is 0 Å². The molecule has 1 N–H and O–H groups in total. The maximum Gasteiger partial charge on any atom is 0.131 e. The fourth-order valence-corrected chi connectivity index (χ4v) is 3.31. The minimum absolute atomic E-state index is 0.0357. The lowest BCUT2D eigenvalue weighted by atomic mass is 9.87. The predicted octanol–water partition coefficient (Wildman–Crippen LogP) is 1.44. The first-order valence-corrected chi connectivity index (χ1v) is 9.16. The summed E-state index contributed by atoms with van der Waals surface area (Å²) < 4.78 is 22.4. The van der Waals surface area contributed by atoms with Gasteiger partial charge in [-0.15, -0.1) is 0 Å². The van der Waals surface area contributed by atoms with Gasteiger partial charge in [0.05, 0.1) is 58.0 Å². The van der Waals surface area contributed by atoms with Crippen LogP contribution in [0.3, 0.4) is 0 Å². The van der Waals surface area contributed by atoms with Crippen molar-refractivity contribution in [3.8, 4) is 0 Å². The molecule has 0 radical (unpaired) electrons. The first kappa shape index (κ1) is 18.7. The van der Waals surface area contributed by atoms with E-state index in [1.54, 1.807) is 12.3 Å². The highest BCUT2D eigenvalue weighted by Crippen LogP contribution is 2.32. The van der Waals surface area contributed by atoms with Crippen LogP contribution in [0.15, 0.2) is 12.3 Å². The van der Waals surface area contributed by atoms with Gasteiger partial charge in [0.15, 0.2) is 0 Å². The molecule has 1 saturated heterocycles. The van der Waals surface area contributed by atoms with Gasteiger partial charge in [-0.05, 0) is 31.7 Å². The summed E-state index contributed by atoms with van der Waals surface area (Å²) in [5.74, 6) is 1.22. The molecule has 1 aromatic heterocycles. The van der Waals surface area contributed by atoms with Crippen LogP contribution in [0, 0.1) is 0 Å². The summed E-state index contributed by atoms with van der Waals surface area (Å²) in [5, 5.41) is 9.19. The third-order valence-electron chi connectivity index (χ3n) is 4.70. The molecule has 2 heterocycles. The Balaban J connectivity index is 1.28. The Morgan fingerprint density at radius 3 is 2.80 bits per heavy atom. The molecule has 7 nitrogen and oxygen atoms in total. The van der Waals surface area contributed by atoms with Crippen LogP contribution in [0.1, 0.15) is 43.1 Å². The van der Waals surface area contributed by atoms with E-state index in [2.05, 4.69) is 9.97 Å². The van der Waals surface area contributed by atoms with Crippen molar-refractivity contribution in [3.63, 3.8) is 0 Å². The van der Waals surface area contributed by atoms with E-state index in [0.29, 0.717) is 51.3 Å². The molecule has 2 fully saturated rings. The molecule has 140 valence electrons. The molecule has 1 atom stereocenters. The monoisotopic (exact) mass is 352 g/mol. The SMILES string of the molecule is OCc1ccnc([C@H]2CC[C@H](OCCOCC3COCCO3)CC2)n1. The molecule has 0 aromatic carbocycles. The molecule has 0 bridgehead atoms. The number of hydrogen-bond acceptors (Lipinski definition) is 7. The highest BCUT2D eigenvalue weighted by atomic mass is 16.6. The van der Waals surface area contributed by atoms with Crippen LogP contribution in [0.4, 0.5) is 0 Å². The zero-order valence-corrected chi connectivity index (χ0v) is 14.6. The lowest BCUT2D eigenvalue weighted by Crippen LogP contribution is -2.33. The second kappa shape index (κ2) is 10.1. The van der Waals surface area contributed by atoms with Crippen LogP contribution >= 0.6 is 0 Å². The van der Waals surface area contributed by atoms with Crippen molar-refractivity contribution >= 4 is 0 Å². The molecule has 1 aromatic rings. The largest absolute Gasteiger partial charge is 0.390 e. The van der Waals surface area contributed by atoms with E-state index in [0.717, 1.165) is 31.5 Å². The average molecular weight is 352 g/mol. The van der Waals surface area contributed by atoms with Gasteiger partial charge in [-0.25, -0.2) is 9.97 Å². The summed E-state index contributed by atoms with van der Waals surface area (Å²) in [4.78, 5) is 8.79. The fraction of sp³-hybridized carbons (Fsp3) is 0.778. The van der Waals surface area contributed by atoms with E-state index in [-0.39, 0.29) is 18.8 Å². The second-order valence-corrected chi connectivity index (χ2v) is 6.55. The quantitative estimate of drug-likeness (QED) is 0.709. The fourth-order valence-electron chi connectivity index (χ4n) is 3.31. The molecular weight excluding hydrogens is 324 g/mol. The molecule has 1 aliphatic carbocycles. The Morgan fingerprint density at radius 1 is 1.16 bits per heavy atom. The van der Waals surface area contributed by atoms with E-state index in [9.17, 15) is 5.11 Å². The molecule has 7 heteroatoms. The van der Waals surface area contributed by atoms with Crippen molar-refractivity contribution in [2.24, 2.45) is 0 Å². The Morgan fingerprint density at radius 2 is 2.04 bits per heavy atom. The Bertz CT molecular complexity index is 502.